The molecule has 2 atom stereocenters. The molecule has 3 N–H and O–H groups in total. The molecule has 0 radical (unpaired) electrons. The molecule has 0 spiro atoms. The van der Waals surface area contributed by atoms with Gasteiger partial charge >= 0.3 is 0 Å². The van der Waals surface area contributed by atoms with Gasteiger partial charge in [-0.15, -0.1) is 0 Å². The Bertz CT molecular complexity index is 204. The molecule has 0 rings (SSSR count). The van der Waals surface area contributed by atoms with Crippen LogP contribution in [0.4, 0.5) is 0 Å². The fraction of sp³-hybridized carbons (Fsp3) is 0.929. The van der Waals surface area contributed by atoms with E-state index in [2.05, 4.69) is 33.0 Å². The zero-order chi connectivity index (χ0) is 13.3. The van der Waals surface area contributed by atoms with Gasteiger partial charge < -0.3 is 11.1 Å². The smallest absolute Gasteiger partial charge is 0.224 e. The lowest BCUT2D eigenvalue weighted by atomic mass is 9.96. The molecule has 0 heterocycles. The second-order valence-electron chi connectivity index (χ2n) is 5.47. The molecule has 0 aromatic carbocycles. The predicted molar refractivity (Wildman–Crippen MR) is 73.7 cm³/mol. The van der Waals surface area contributed by atoms with Crippen molar-refractivity contribution in [1.82, 2.24) is 5.32 Å². The van der Waals surface area contributed by atoms with E-state index < -0.39 is 0 Å². The van der Waals surface area contributed by atoms with Crippen molar-refractivity contribution in [3.8, 4) is 0 Å². The van der Waals surface area contributed by atoms with E-state index in [9.17, 15) is 4.79 Å². The highest BCUT2D eigenvalue weighted by atomic mass is 16.1. The Hall–Kier alpha value is -0.570. The van der Waals surface area contributed by atoms with Crippen LogP contribution in [-0.2, 0) is 4.79 Å². The minimum Gasteiger partial charge on any atom is -0.353 e. The van der Waals surface area contributed by atoms with E-state index in [-0.39, 0.29) is 17.9 Å². The number of carbonyl (C=O) groups is 1. The summed E-state index contributed by atoms with van der Waals surface area (Å²) in [5, 5.41) is 3.08. The van der Waals surface area contributed by atoms with E-state index in [0.29, 0.717) is 12.5 Å². The number of carbonyl (C=O) groups excluding carboxylic acids is 1. The lowest BCUT2D eigenvalue weighted by Crippen LogP contribution is -2.40. The number of amides is 1. The van der Waals surface area contributed by atoms with Gasteiger partial charge in [-0.2, -0.15) is 0 Å². The molecule has 0 aliphatic rings. The van der Waals surface area contributed by atoms with E-state index >= 15 is 0 Å². The highest BCUT2D eigenvalue weighted by molar-refractivity contribution is 5.79. The highest BCUT2D eigenvalue weighted by Gasteiger charge is 2.19. The molecule has 3 heteroatoms. The Morgan fingerprint density at radius 1 is 1.24 bits per heavy atom. The molecule has 2 unspecified atom stereocenters. The van der Waals surface area contributed by atoms with Crippen molar-refractivity contribution in [3.05, 3.63) is 0 Å². The molecule has 0 aliphatic carbocycles. The van der Waals surface area contributed by atoms with Crippen molar-refractivity contribution in [1.29, 1.82) is 0 Å². The van der Waals surface area contributed by atoms with Crippen LogP contribution in [0.3, 0.4) is 0 Å². The van der Waals surface area contributed by atoms with Gasteiger partial charge in [0.15, 0.2) is 0 Å². The maximum Gasteiger partial charge on any atom is 0.224 e. The van der Waals surface area contributed by atoms with Crippen LogP contribution in [-0.4, -0.2) is 18.5 Å². The summed E-state index contributed by atoms with van der Waals surface area (Å²) < 4.78 is 0. The molecule has 0 bridgehead atoms. The Balaban J connectivity index is 3.94. The number of hydrogen-bond donors (Lipinski definition) is 2. The molecular weight excluding hydrogens is 212 g/mol. The average Bonchev–Trinajstić information content (AvgIpc) is 2.25. The van der Waals surface area contributed by atoms with Gasteiger partial charge in [-0.1, -0.05) is 40.0 Å². The number of hydrogen-bond acceptors (Lipinski definition) is 2. The summed E-state index contributed by atoms with van der Waals surface area (Å²) in [6.45, 7) is 8.97. The molecular formula is C14H30N2O. The lowest BCUT2D eigenvalue weighted by molar-refractivity contribution is -0.125. The fourth-order valence-electron chi connectivity index (χ4n) is 2.01. The first kappa shape index (κ1) is 16.4. The summed E-state index contributed by atoms with van der Waals surface area (Å²) in [5.74, 6) is 0.624. The molecule has 0 aliphatic heterocycles. The molecule has 0 fully saturated rings. The fourth-order valence-corrected chi connectivity index (χ4v) is 2.01. The van der Waals surface area contributed by atoms with Crippen molar-refractivity contribution in [2.45, 2.75) is 65.8 Å². The summed E-state index contributed by atoms with van der Waals surface area (Å²) in [6, 6.07) is 0.273. The van der Waals surface area contributed by atoms with E-state index in [1.54, 1.807) is 0 Å². The third-order valence-corrected chi connectivity index (χ3v) is 3.04. The summed E-state index contributed by atoms with van der Waals surface area (Å²) in [5.41, 5.74) is 5.66. The van der Waals surface area contributed by atoms with Crippen LogP contribution in [0.25, 0.3) is 0 Å². The second-order valence-corrected chi connectivity index (χ2v) is 5.47. The van der Waals surface area contributed by atoms with Crippen LogP contribution in [0, 0.1) is 11.8 Å². The summed E-state index contributed by atoms with van der Waals surface area (Å²) in [7, 11) is 0. The monoisotopic (exact) mass is 242 g/mol. The van der Waals surface area contributed by atoms with Crippen LogP contribution in [0.5, 0.6) is 0 Å². The van der Waals surface area contributed by atoms with E-state index in [0.717, 1.165) is 12.8 Å². The van der Waals surface area contributed by atoms with Crippen molar-refractivity contribution >= 4 is 5.91 Å². The Morgan fingerprint density at radius 3 is 2.35 bits per heavy atom. The van der Waals surface area contributed by atoms with Crippen molar-refractivity contribution in [3.63, 3.8) is 0 Å². The third-order valence-electron chi connectivity index (χ3n) is 3.04. The van der Waals surface area contributed by atoms with E-state index in [1.807, 2.05) is 0 Å². The standard InChI is InChI=1S/C14H30N2O/c1-5-6-7-8-12(4)16-14(17)13(10-15)9-11(2)3/h11-13H,5-10,15H2,1-4H3,(H,16,17). The summed E-state index contributed by atoms with van der Waals surface area (Å²) in [6.07, 6.45) is 5.60. The third kappa shape index (κ3) is 8.19. The van der Waals surface area contributed by atoms with Gasteiger partial charge in [0.25, 0.3) is 0 Å². The zero-order valence-corrected chi connectivity index (χ0v) is 12.0. The molecule has 3 nitrogen and oxygen atoms in total. The largest absolute Gasteiger partial charge is 0.353 e. The van der Waals surface area contributed by atoms with Crippen LogP contribution < -0.4 is 11.1 Å². The average molecular weight is 242 g/mol. The normalized spacial score (nSPS) is 14.7. The lowest BCUT2D eigenvalue weighted by Gasteiger charge is -2.20. The number of nitrogens with two attached hydrogens (primary N) is 1. The highest BCUT2D eigenvalue weighted by Crippen LogP contribution is 2.11. The minimum absolute atomic E-state index is 0.0244. The molecule has 0 aromatic rings. The first-order valence-electron chi connectivity index (χ1n) is 7.01. The van der Waals surface area contributed by atoms with E-state index in [4.69, 9.17) is 5.73 Å². The Labute approximate surface area is 107 Å². The number of unbranched alkanes of at least 4 members (excludes halogenated alkanes) is 2. The van der Waals surface area contributed by atoms with Crippen molar-refractivity contribution in [2.24, 2.45) is 17.6 Å². The van der Waals surface area contributed by atoms with Gasteiger partial charge in [-0.25, -0.2) is 0 Å². The molecule has 0 saturated carbocycles. The Morgan fingerprint density at radius 2 is 1.88 bits per heavy atom. The molecule has 0 aromatic heterocycles. The SMILES string of the molecule is CCCCCC(C)NC(=O)C(CN)CC(C)C. The predicted octanol–water partition coefficient (Wildman–Crippen LogP) is 2.69. The second kappa shape index (κ2) is 9.46. The number of nitrogens with one attached hydrogen (secondary N) is 1. The van der Waals surface area contributed by atoms with Gasteiger partial charge in [0.2, 0.25) is 5.91 Å². The quantitative estimate of drug-likeness (QED) is 0.611. The van der Waals surface area contributed by atoms with Gasteiger partial charge in [0, 0.05) is 12.6 Å². The first-order chi connectivity index (χ1) is 8.01. The minimum atomic E-state index is -0.0244. The van der Waals surface area contributed by atoms with Gasteiger partial charge in [-0.05, 0) is 25.7 Å². The van der Waals surface area contributed by atoms with Crippen LogP contribution in [0.2, 0.25) is 0 Å². The van der Waals surface area contributed by atoms with Crippen LogP contribution >= 0.6 is 0 Å². The van der Waals surface area contributed by atoms with Crippen LogP contribution in [0.15, 0.2) is 0 Å². The van der Waals surface area contributed by atoms with Crippen molar-refractivity contribution in [2.75, 3.05) is 6.54 Å². The molecule has 17 heavy (non-hydrogen) atoms. The van der Waals surface area contributed by atoms with Crippen molar-refractivity contribution < 1.29 is 4.79 Å². The molecule has 102 valence electrons. The topological polar surface area (TPSA) is 55.1 Å². The maximum atomic E-state index is 12.0. The maximum absolute atomic E-state index is 12.0. The first-order valence-corrected chi connectivity index (χ1v) is 7.01. The summed E-state index contributed by atoms with van der Waals surface area (Å²) >= 11 is 0. The Kier molecular flexibility index (Phi) is 9.14. The molecule has 0 saturated heterocycles. The number of rotatable bonds is 9. The summed E-state index contributed by atoms with van der Waals surface area (Å²) in [4.78, 5) is 12.0. The van der Waals surface area contributed by atoms with Gasteiger partial charge in [-0.3, -0.25) is 4.79 Å². The molecule has 1 amide bonds. The van der Waals surface area contributed by atoms with E-state index in [1.165, 1.54) is 19.3 Å². The van der Waals surface area contributed by atoms with Gasteiger partial charge in [0.05, 0.1) is 5.92 Å². The van der Waals surface area contributed by atoms with Crippen LogP contribution in [0.1, 0.15) is 59.8 Å². The van der Waals surface area contributed by atoms with Gasteiger partial charge in [0.1, 0.15) is 0 Å². The zero-order valence-electron chi connectivity index (χ0n) is 12.0.